The molecular formula is C18H22N4O3. The summed E-state index contributed by atoms with van der Waals surface area (Å²) in [5.41, 5.74) is 1.67. The lowest BCUT2D eigenvalue weighted by molar-refractivity contribution is -0.384. The first-order valence-corrected chi connectivity index (χ1v) is 8.11. The Morgan fingerprint density at radius 2 is 2.04 bits per heavy atom. The first-order chi connectivity index (χ1) is 11.9. The van der Waals surface area contributed by atoms with Crippen molar-refractivity contribution < 1.29 is 9.72 Å². The Balaban J connectivity index is 2.11. The molecule has 0 aliphatic rings. The molecular weight excluding hydrogens is 320 g/mol. The fourth-order valence-corrected chi connectivity index (χ4v) is 2.55. The highest BCUT2D eigenvalue weighted by Crippen LogP contribution is 2.23. The summed E-state index contributed by atoms with van der Waals surface area (Å²) < 4.78 is 0. The maximum absolute atomic E-state index is 12.6. The summed E-state index contributed by atoms with van der Waals surface area (Å²) in [6.45, 7) is 3.85. The number of nitro benzene ring substituents is 1. The Labute approximate surface area is 146 Å². The zero-order chi connectivity index (χ0) is 18.4. The molecule has 1 N–H and O–H groups in total. The van der Waals surface area contributed by atoms with Gasteiger partial charge in [-0.05, 0) is 30.5 Å². The van der Waals surface area contributed by atoms with Crippen LogP contribution in [0, 0.1) is 10.1 Å². The van der Waals surface area contributed by atoms with Crippen LogP contribution >= 0.6 is 0 Å². The zero-order valence-electron chi connectivity index (χ0n) is 14.5. The van der Waals surface area contributed by atoms with E-state index in [9.17, 15) is 14.9 Å². The number of benzene rings is 1. The maximum Gasteiger partial charge on any atom is 0.318 e. The zero-order valence-corrected chi connectivity index (χ0v) is 14.5. The molecule has 0 aliphatic heterocycles. The number of rotatable bonds is 6. The van der Waals surface area contributed by atoms with Gasteiger partial charge >= 0.3 is 6.03 Å². The Morgan fingerprint density at radius 3 is 2.64 bits per heavy atom. The first-order valence-electron chi connectivity index (χ1n) is 8.11. The van der Waals surface area contributed by atoms with E-state index in [0.29, 0.717) is 12.0 Å². The van der Waals surface area contributed by atoms with Gasteiger partial charge in [-0.15, -0.1) is 0 Å². The van der Waals surface area contributed by atoms with Crippen LogP contribution < -0.4 is 5.32 Å². The Kier molecular flexibility index (Phi) is 6.05. The molecule has 2 aromatic rings. The van der Waals surface area contributed by atoms with Crippen LogP contribution in [0.25, 0.3) is 0 Å². The summed E-state index contributed by atoms with van der Waals surface area (Å²) in [5, 5.41) is 13.9. The minimum Gasteiger partial charge on any atom is -0.331 e. The monoisotopic (exact) mass is 342 g/mol. The number of nitrogens with one attached hydrogen (secondary N) is 1. The van der Waals surface area contributed by atoms with Gasteiger partial charge in [0, 0.05) is 31.6 Å². The van der Waals surface area contributed by atoms with E-state index in [4.69, 9.17) is 0 Å². The van der Waals surface area contributed by atoms with Gasteiger partial charge < -0.3 is 10.2 Å². The summed E-state index contributed by atoms with van der Waals surface area (Å²) in [6.07, 6.45) is 4.04. The number of pyridine rings is 1. The summed E-state index contributed by atoms with van der Waals surface area (Å²) >= 11 is 0. The minimum atomic E-state index is -0.436. The molecule has 0 saturated carbocycles. The maximum atomic E-state index is 12.6. The normalized spacial score (nSPS) is 12.9. The number of non-ortho nitro benzene ring substituents is 1. The second-order valence-electron chi connectivity index (χ2n) is 5.84. The van der Waals surface area contributed by atoms with Crippen LogP contribution in [0.3, 0.4) is 0 Å². The van der Waals surface area contributed by atoms with E-state index in [-0.39, 0.29) is 23.8 Å². The first kappa shape index (κ1) is 18.4. The lowest BCUT2D eigenvalue weighted by atomic mass is 10.0. The van der Waals surface area contributed by atoms with E-state index < -0.39 is 4.92 Å². The van der Waals surface area contributed by atoms with Gasteiger partial charge in [-0.25, -0.2) is 4.79 Å². The molecule has 0 unspecified atom stereocenters. The highest BCUT2D eigenvalue weighted by Gasteiger charge is 2.21. The predicted octanol–water partition coefficient (Wildman–Crippen LogP) is 3.84. The summed E-state index contributed by atoms with van der Waals surface area (Å²) in [4.78, 5) is 28.8. The van der Waals surface area contributed by atoms with Gasteiger partial charge in [0.25, 0.3) is 5.69 Å². The van der Waals surface area contributed by atoms with E-state index in [2.05, 4.69) is 10.3 Å². The average molecular weight is 342 g/mol. The molecule has 1 heterocycles. The molecule has 2 rings (SSSR count). The van der Waals surface area contributed by atoms with Crippen LogP contribution in [0.2, 0.25) is 0 Å². The number of aromatic nitrogens is 1. The van der Waals surface area contributed by atoms with Gasteiger partial charge in [0.05, 0.1) is 17.0 Å². The van der Waals surface area contributed by atoms with Crippen LogP contribution in [0.15, 0.2) is 48.8 Å². The molecule has 2 amide bonds. The van der Waals surface area contributed by atoms with Crippen LogP contribution in [0.4, 0.5) is 10.5 Å². The van der Waals surface area contributed by atoms with Crippen molar-refractivity contribution in [2.24, 2.45) is 0 Å². The lowest BCUT2D eigenvalue weighted by Crippen LogP contribution is -2.40. The number of carbonyl (C=O) groups excluding carboxylic acids is 1. The van der Waals surface area contributed by atoms with Crippen LogP contribution in [-0.2, 0) is 0 Å². The number of nitro groups is 1. The molecule has 132 valence electrons. The lowest BCUT2D eigenvalue weighted by Gasteiger charge is -2.28. The van der Waals surface area contributed by atoms with Gasteiger partial charge in [-0.3, -0.25) is 15.1 Å². The van der Waals surface area contributed by atoms with E-state index in [1.54, 1.807) is 36.5 Å². The summed E-state index contributed by atoms with van der Waals surface area (Å²) in [5.74, 6) is 0. The number of hydrogen-bond donors (Lipinski definition) is 1. The predicted molar refractivity (Wildman–Crippen MR) is 95.1 cm³/mol. The molecule has 7 heteroatoms. The third-order valence-corrected chi connectivity index (χ3v) is 4.26. The molecule has 0 aliphatic carbocycles. The Morgan fingerprint density at radius 1 is 1.32 bits per heavy atom. The van der Waals surface area contributed by atoms with Crippen molar-refractivity contribution in [1.82, 2.24) is 15.2 Å². The van der Waals surface area contributed by atoms with Crippen molar-refractivity contribution in [3.8, 4) is 0 Å². The second kappa shape index (κ2) is 8.23. The fraction of sp³-hybridized carbons (Fsp3) is 0.333. The van der Waals surface area contributed by atoms with Crippen LogP contribution in [0.1, 0.15) is 43.5 Å². The van der Waals surface area contributed by atoms with Gasteiger partial charge in [0.15, 0.2) is 0 Å². The van der Waals surface area contributed by atoms with E-state index in [1.165, 1.54) is 12.1 Å². The Hall–Kier alpha value is -2.96. The molecule has 0 saturated heterocycles. The number of carbonyl (C=O) groups is 1. The fourth-order valence-electron chi connectivity index (χ4n) is 2.55. The van der Waals surface area contributed by atoms with Crippen molar-refractivity contribution >= 4 is 11.7 Å². The highest BCUT2D eigenvalue weighted by atomic mass is 16.6. The van der Waals surface area contributed by atoms with Crippen molar-refractivity contribution in [2.45, 2.75) is 32.4 Å². The van der Waals surface area contributed by atoms with Crippen molar-refractivity contribution in [1.29, 1.82) is 0 Å². The molecule has 0 radical (unpaired) electrons. The number of hydrogen-bond acceptors (Lipinski definition) is 4. The number of amides is 2. The van der Waals surface area contributed by atoms with Crippen molar-refractivity contribution in [3.05, 3.63) is 70.0 Å². The molecule has 25 heavy (non-hydrogen) atoms. The van der Waals surface area contributed by atoms with Crippen LogP contribution in [-0.4, -0.2) is 27.9 Å². The van der Waals surface area contributed by atoms with Gasteiger partial charge in [-0.1, -0.05) is 25.1 Å². The molecule has 1 aromatic carbocycles. The molecule has 0 spiro atoms. The largest absolute Gasteiger partial charge is 0.331 e. The Bertz CT molecular complexity index is 736. The van der Waals surface area contributed by atoms with E-state index in [0.717, 1.165) is 5.56 Å². The van der Waals surface area contributed by atoms with Crippen molar-refractivity contribution in [3.63, 3.8) is 0 Å². The van der Waals surface area contributed by atoms with E-state index in [1.807, 2.05) is 26.0 Å². The minimum absolute atomic E-state index is 0.0160. The summed E-state index contributed by atoms with van der Waals surface area (Å²) in [7, 11) is 1.72. The standard InChI is InChI=1S/C18H22N4O3/c1-4-17(14-7-5-9-16(11-14)22(24)25)20-18(23)21(3)13(2)15-8-6-10-19-12-15/h5-13,17H,4H2,1-3H3,(H,20,23)/t13-,17+/m0/s1. The van der Waals surface area contributed by atoms with Gasteiger partial charge in [-0.2, -0.15) is 0 Å². The number of nitrogens with zero attached hydrogens (tertiary/aromatic N) is 3. The number of urea groups is 1. The third kappa shape index (κ3) is 4.53. The van der Waals surface area contributed by atoms with Gasteiger partial charge in [0.1, 0.15) is 0 Å². The summed E-state index contributed by atoms with van der Waals surface area (Å²) in [6, 6.07) is 9.42. The quantitative estimate of drug-likeness (QED) is 0.638. The molecule has 1 aromatic heterocycles. The molecule has 0 bridgehead atoms. The SMILES string of the molecule is CC[C@@H](NC(=O)N(C)[C@@H](C)c1cccnc1)c1cccc([N+](=O)[O-])c1. The topological polar surface area (TPSA) is 88.4 Å². The molecule has 0 fully saturated rings. The van der Waals surface area contributed by atoms with Crippen LogP contribution in [0.5, 0.6) is 0 Å². The second-order valence-corrected chi connectivity index (χ2v) is 5.84. The molecule has 2 atom stereocenters. The van der Waals surface area contributed by atoms with Crippen molar-refractivity contribution in [2.75, 3.05) is 7.05 Å². The third-order valence-electron chi connectivity index (χ3n) is 4.26. The van der Waals surface area contributed by atoms with E-state index >= 15 is 0 Å². The van der Waals surface area contributed by atoms with Gasteiger partial charge in [0.2, 0.25) is 0 Å². The molecule has 7 nitrogen and oxygen atoms in total. The highest BCUT2D eigenvalue weighted by molar-refractivity contribution is 5.75. The average Bonchev–Trinajstić information content (AvgIpc) is 2.65. The smallest absolute Gasteiger partial charge is 0.318 e.